The predicted molar refractivity (Wildman–Crippen MR) is 115 cm³/mol. The molecule has 1 aromatic rings. The molecule has 1 heterocycles. The lowest BCUT2D eigenvalue weighted by atomic mass is 9.52. The molecule has 4 bridgehead atoms. The minimum atomic E-state index is -0.832. The van der Waals surface area contributed by atoms with E-state index in [4.69, 9.17) is 15.7 Å². The molecule has 8 nitrogen and oxygen atoms in total. The molecule has 0 spiro atoms. The van der Waals surface area contributed by atoms with Gasteiger partial charge < -0.3 is 15.8 Å². The fourth-order valence-corrected chi connectivity index (χ4v) is 6.13. The van der Waals surface area contributed by atoms with Gasteiger partial charge in [-0.05, 0) is 55.3 Å². The number of primary amides is 1. The number of nitrogens with one attached hydrogen (secondary N) is 1. The average Bonchev–Trinajstić information content (AvgIpc) is 3.11. The highest BCUT2D eigenvalue weighted by molar-refractivity contribution is 5.95. The summed E-state index contributed by atoms with van der Waals surface area (Å²) in [5.41, 5.74) is 4.82. The summed E-state index contributed by atoms with van der Waals surface area (Å²) in [7, 11) is 0. The summed E-state index contributed by atoms with van der Waals surface area (Å²) in [5.74, 6) is 0.558. The number of aromatic nitrogens is 2. The highest BCUT2D eigenvalue weighted by Gasteiger charge is 2.57. The van der Waals surface area contributed by atoms with Crippen LogP contribution in [-0.4, -0.2) is 33.4 Å². The Morgan fingerprint density at radius 2 is 2.09 bits per heavy atom. The number of nitriles is 1. The van der Waals surface area contributed by atoms with Crippen LogP contribution in [0.25, 0.3) is 6.20 Å². The molecular weight excluding hydrogens is 413 g/mol. The molecule has 3 N–H and O–H groups in total. The van der Waals surface area contributed by atoms with Gasteiger partial charge >= 0.3 is 6.09 Å². The van der Waals surface area contributed by atoms with E-state index in [0.717, 1.165) is 19.3 Å². The number of allylic oxidation sites excluding steroid dienone is 1. The van der Waals surface area contributed by atoms with Crippen molar-refractivity contribution in [2.24, 2.45) is 28.9 Å². The highest BCUT2D eigenvalue weighted by Crippen LogP contribution is 2.57. The van der Waals surface area contributed by atoms with E-state index in [0.29, 0.717) is 25.2 Å². The lowest BCUT2D eigenvalue weighted by Gasteiger charge is -2.58. The van der Waals surface area contributed by atoms with Gasteiger partial charge in [0.15, 0.2) is 0 Å². The highest BCUT2D eigenvalue weighted by atomic mass is 19.1. The first-order chi connectivity index (χ1) is 15.1. The molecule has 4 fully saturated rings. The van der Waals surface area contributed by atoms with Crippen LogP contribution in [0, 0.1) is 34.5 Å². The monoisotopic (exact) mass is 443 g/mol. The summed E-state index contributed by atoms with van der Waals surface area (Å²) < 4.78 is 20.8. The molecule has 2 unspecified atom stereocenters. The van der Waals surface area contributed by atoms with Gasteiger partial charge in [-0.1, -0.05) is 19.9 Å². The van der Waals surface area contributed by atoms with Gasteiger partial charge in [-0.25, -0.2) is 13.9 Å². The first kappa shape index (κ1) is 22.3. The maximum atomic E-state index is 13.9. The van der Waals surface area contributed by atoms with Crippen molar-refractivity contribution >= 4 is 18.2 Å². The third kappa shape index (κ3) is 4.23. The molecule has 0 saturated heterocycles. The van der Waals surface area contributed by atoms with Gasteiger partial charge in [-0.3, -0.25) is 4.79 Å². The molecule has 32 heavy (non-hydrogen) atoms. The number of halogens is 1. The molecule has 0 aliphatic heterocycles. The lowest BCUT2D eigenvalue weighted by molar-refractivity contribution is -0.137. The maximum Gasteiger partial charge on any atom is 0.405 e. The summed E-state index contributed by atoms with van der Waals surface area (Å²) in [6.45, 7) is 2.97. The normalized spacial score (nSPS) is 30.9. The van der Waals surface area contributed by atoms with Gasteiger partial charge in [0.05, 0.1) is 23.5 Å². The zero-order chi connectivity index (χ0) is 23.1. The van der Waals surface area contributed by atoms with Crippen LogP contribution in [0.15, 0.2) is 12.3 Å². The number of hydrogen-bond acceptors (Lipinski definition) is 5. The molecule has 2 amide bonds. The molecule has 4 aliphatic carbocycles. The second-order valence-electron chi connectivity index (χ2n) is 10.3. The second-order valence-corrected chi connectivity index (χ2v) is 10.3. The fraction of sp³-hybridized carbons (Fsp3) is 0.652. The van der Waals surface area contributed by atoms with E-state index in [9.17, 15) is 14.0 Å². The first-order valence-electron chi connectivity index (χ1n) is 11.1. The minimum absolute atomic E-state index is 0.0374. The Morgan fingerprint density at radius 3 is 2.69 bits per heavy atom. The number of alkyl halides is 1. The Hall–Kier alpha value is -2.89. The van der Waals surface area contributed by atoms with Crippen molar-refractivity contribution in [2.45, 2.75) is 70.7 Å². The largest absolute Gasteiger partial charge is 0.443 e. The average molecular weight is 444 g/mol. The number of rotatable bonds is 7. The van der Waals surface area contributed by atoms with Gasteiger partial charge in [0, 0.05) is 18.7 Å². The topological polar surface area (TPSA) is 123 Å². The van der Waals surface area contributed by atoms with Gasteiger partial charge in [0.25, 0.3) is 5.91 Å². The Bertz CT molecular complexity index is 963. The van der Waals surface area contributed by atoms with E-state index in [2.05, 4.69) is 16.5 Å². The van der Waals surface area contributed by atoms with Gasteiger partial charge in [-0.2, -0.15) is 10.4 Å². The molecule has 0 aromatic carbocycles. The van der Waals surface area contributed by atoms with Crippen molar-refractivity contribution < 1.29 is 18.7 Å². The van der Waals surface area contributed by atoms with E-state index >= 15 is 0 Å². The van der Waals surface area contributed by atoms with Crippen molar-refractivity contribution in [1.29, 1.82) is 5.26 Å². The number of carbonyl (C=O) groups excluding carboxylic acids is 2. The van der Waals surface area contributed by atoms with Gasteiger partial charge in [-0.15, -0.1) is 0 Å². The summed E-state index contributed by atoms with van der Waals surface area (Å²) in [5, 5.41) is 16.2. The lowest BCUT2D eigenvalue weighted by Crippen LogP contribution is -2.63. The summed E-state index contributed by atoms with van der Waals surface area (Å²) in [6, 6.07) is 2.09. The maximum absolute atomic E-state index is 13.9. The molecule has 1 aromatic heterocycles. The van der Waals surface area contributed by atoms with Crippen LogP contribution >= 0.6 is 0 Å². The van der Waals surface area contributed by atoms with Crippen molar-refractivity contribution in [3.05, 3.63) is 23.5 Å². The number of amides is 2. The molecule has 0 radical (unpaired) electrons. The Kier molecular flexibility index (Phi) is 5.74. The fourth-order valence-electron chi connectivity index (χ4n) is 6.13. The standard InChI is InChI=1S/C23H30FN5O3/c1-22(2,3-5-25)4-6-29-18(12-24)17(13-27-29)20(30)28-19-15-7-14-8-16(19)11-23(9-14,10-15)32-21(26)31/h4,6,13-16,19H,3,7-12H2,1-2H3,(H2,26,31)(H,28,30)/b6-4+/t14?,15?,16?,19-,23-. The van der Waals surface area contributed by atoms with Crippen LogP contribution in [0.1, 0.15) is 68.4 Å². The molecule has 5 rings (SSSR count). The van der Waals surface area contributed by atoms with Crippen molar-refractivity contribution in [2.75, 3.05) is 0 Å². The van der Waals surface area contributed by atoms with Crippen molar-refractivity contribution in [1.82, 2.24) is 15.1 Å². The molecule has 4 saturated carbocycles. The Morgan fingerprint density at radius 1 is 1.41 bits per heavy atom. The third-order valence-electron chi connectivity index (χ3n) is 7.30. The van der Waals surface area contributed by atoms with Gasteiger partial charge in [0.2, 0.25) is 0 Å². The number of nitrogens with zero attached hydrogens (tertiary/aromatic N) is 3. The van der Waals surface area contributed by atoms with Crippen LogP contribution < -0.4 is 11.1 Å². The van der Waals surface area contributed by atoms with Crippen LogP contribution in [0.4, 0.5) is 9.18 Å². The zero-order valence-corrected chi connectivity index (χ0v) is 18.5. The van der Waals surface area contributed by atoms with E-state index in [1.54, 1.807) is 12.3 Å². The smallest absolute Gasteiger partial charge is 0.405 e. The molecule has 172 valence electrons. The van der Waals surface area contributed by atoms with Crippen LogP contribution in [0.3, 0.4) is 0 Å². The molecular formula is C23H30FN5O3. The molecule has 2 atom stereocenters. The second kappa shape index (κ2) is 8.23. The molecule has 9 heteroatoms. The van der Waals surface area contributed by atoms with E-state index in [-0.39, 0.29) is 40.5 Å². The molecule has 4 aliphatic rings. The summed E-state index contributed by atoms with van der Waals surface area (Å²) in [6.07, 6.45) is 8.57. The van der Waals surface area contributed by atoms with E-state index in [1.807, 2.05) is 13.8 Å². The van der Waals surface area contributed by atoms with Crippen LogP contribution in [0.2, 0.25) is 0 Å². The summed E-state index contributed by atoms with van der Waals surface area (Å²) in [4.78, 5) is 24.5. The number of nitrogens with two attached hydrogens (primary N) is 1. The van der Waals surface area contributed by atoms with E-state index in [1.165, 1.54) is 10.9 Å². The minimum Gasteiger partial charge on any atom is -0.443 e. The van der Waals surface area contributed by atoms with Gasteiger partial charge in [0.1, 0.15) is 12.3 Å². The van der Waals surface area contributed by atoms with Crippen LogP contribution in [0.5, 0.6) is 0 Å². The Labute approximate surface area is 187 Å². The number of carbonyl (C=O) groups is 2. The SMILES string of the molecule is CC(C)(/C=C/n1ncc(C(=O)N[C@H]2C3CC4CC2C[C@](OC(N)=O)(C4)C3)c1CF)CC#N. The predicted octanol–water partition coefficient (Wildman–Crippen LogP) is 3.54. The zero-order valence-electron chi connectivity index (χ0n) is 18.5. The van der Waals surface area contributed by atoms with Crippen LogP contribution in [-0.2, 0) is 11.4 Å². The third-order valence-corrected chi connectivity index (χ3v) is 7.30. The summed E-state index contributed by atoms with van der Waals surface area (Å²) >= 11 is 0. The van der Waals surface area contributed by atoms with Crippen molar-refractivity contribution in [3.63, 3.8) is 0 Å². The van der Waals surface area contributed by atoms with E-state index < -0.39 is 18.4 Å². The first-order valence-corrected chi connectivity index (χ1v) is 11.1. The number of ether oxygens (including phenoxy) is 1. The Balaban J connectivity index is 1.48. The number of hydrogen-bond donors (Lipinski definition) is 2. The van der Waals surface area contributed by atoms with Crippen molar-refractivity contribution in [3.8, 4) is 6.07 Å². The quantitative estimate of drug-likeness (QED) is 0.667.